The van der Waals surface area contributed by atoms with E-state index in [1.54, 1.807) is 0 Å². The molecule has 0 radical (unpaired) electrons. The Balaban J connectivity index is 2.90. The second kappa shape index (κ2) is 4.77. The van der Waals surface area contributed by atoms with Crippen LogP contribution in [-0.4, -0.2) is 16.8 Å². The Morgan fingerprint density at radius 3 is 2.13 bits per heavy atom. The maximum Gasteiger partial charge on any atom is 0.102 e. The molecule has 0 aliphatic carbocycles. The van der Waals surface area contributed by atoms with Crippen molar-refractivity contribution in [3.8, 4) is 0 Å². The number of aliphatic hydroxyl groups is 2. The van der Waals surface area contributed by atoms with Crippen molar-refractivity contribution in [2.75, 3.05) is 6.61 Å². The number of rotatable bonds is 4. The highest BCUT2D eigenvalue weighted by Gasteiger charge is 2.17. The monoisotopic (exact) mass is 208 g/mol. The second-order valence-electron chi connectivity index (χ2n) is 4.56. The van der Waals surface area contributed by atoms with Crippen molar-refractivity contribution in [1.29, 1.82) is 0 Å². The van der Waals surface area contributed by atoms with Crippen LogP contribution in [-0.2, 0) is 5.41 Å². The summed E-state index contributed by atoms with van der Waals surface area (Å²) in [6.07, 6.45) is 0.318. The summed E-state index contributed by atoms with van der Waals surface area (Å²) in [6, 6.07) is 7.82. The molecule has 2 N–H and O–H groups in total. The third-order valence-corrected chi connectivity index (χ3v) is 3.13. The van der Waals surface area contributed by atoms with Crippen LogP contribution in [0.25, 0.3) is 0 Å². The molecular formula is C13H20O2. The van der Waals surface area contributed by atoms with E-state index in [-0.39, 0.29) is 12.0 Å². The fourth-order valence-corrected chi connectivity index (χ4v) is 1.47. The van der Waals surface area contributed by atoms with Crippen LogP contribution in [0.1, 0.15) is 44.4 Å². The first-order valence-electron chi connectivity index (χ1n) is 5.40. The summed E-state index contributed by atoms with van der Waals surface area (Å²) in [4.78, 5) is 0. The Morgan fingerprint density at radius 1 is 1.20 bits per heavy atom. The average Bonchev–Trinajstić information content (AvgIpc) is 2.28. The molecule has 0 saturated heterocycles. The van der Waals surface area contributed by atoms with E-state index in [9.17, 15) is 5.11 Å². The van der Waals surface area contributed by atoms with Crippen LogP contribution in [0.3, 0.4) is 0 Å². The molecule has 0 aromatic heterocycles. The molecule has 0 aliphatic heterocycles. The summed E-state index contributed by atoms with van der Waals surface area (Å²) in [5.74, 6) is 0. The van der Waals surface area contributed by atoms with E-state index in [1.165, 1.54) is 5.56 Å². The average molecular weight is 208 g/mol. The molecule has 1 aromatic carbocycles. The van der Waals surface area contributed by atoms with E-state index in [0.717, 1.165) is 12.0 Å². The minimum atomic E-state index is -0.760. The number of hydrogen-bond donors (Lipinski definition) is 2. The second-order valence-corrected chi connectivity index (χ2v) is 4.56. The van der Waals surface area contributed by atoms with Gasteiger partial charge in [0, 0.05) is 0 Å². The van der Waals surface area contributed by atoms with Crippen LogP contribution in [0.2, 0.25) is 0 Å². The predicted octanol–water partition coefficient (Wildman–Crippen LogP) is 2.40. The van der Waals surface area contributed by atoms with Gasteiger partial charge in [0.25, 0.3) is 0 Å². The van der Waals surface area contributed by atoms with Gasteiger partial charge in [-0.15, -0.1) is 0 Å². The zero-order valence-electron chi connectivity index (χ0n) is 9.70. The van der Waals surface area contributed by atoms with E-state index < -0.39 is 6.10 Å². The van der Waals surface area contributed by atoms with Gasteiger partial charge in [-0.3, -0.25) is 0 Å². The summed E-state index contributed by atoms with van der Waals surface area (Å²) in [5, 5.41) is 18.2. The summed E-state index contributed by atoms with van der Waals surface area (Å²) < 4.78 is 0. The minimum absolute atomic E-state index is 0.169. The van der Waals surface area contributed by atoms with Crippen LogP contribution in [0.5, 0.6) is 0 Å². The van der Waals surface area contributed by atoms with Crippen LogP contribution in [0.15, 0.2) is 24.3 Å². The lowest BCUT2D eigenvalue weighted by Gasteiger charge is -2.23. The Kier molecular flexibility index (Phi) is 3.89. The van der Waals surface area contributed by atoms with Crippen LogP contribution in [0, 0.1) is 0 Å². The largest absolute Gasteiger partial charge is 0.393 e. The minimum Gasteiger partial charge on any atom is -0.393 e. The van der Waals surface area contributed by atoms with Crippen molar-refractivity contribution in [3.05, 3.63) is 35.4 Å². The maximum absolute atomic E-state index is 9.43. The molecule has 0 saturated carbocycles. The van der Waals surface area contributed by atoms with Crippen molar-refractivity contribution in [1.82, 2.24) is 0 Å². The summed E-state index contributed by atoms with van der Waals surface area (Å²) >= 11 is 0. The Hall–Kier alpha value is -0.860. The molecule has 15 heavy (non-hydrogen) atoms. The fourth-order valence-electron chi connectivity index (χ4n) is 1.47. The SMILES string of the molecule is CCC(C)(C)c1ccc(C(O)CO)cc1. The van der Waals surface area contributed by atoms with Gasteiger partial charge >= 0.3 is 0 Å². The molecule has 0 fully saturated rings. The molecule has 2 nitrogen and oxygen atoms in total. The summed E-state index contributed by atoms with van der Waals surface area (Å²) in [7, 11) is 0. The molecule has 2 heteroatoms. The molecule has 1 rings (SSSR count). The first-order valence-corrected chi connectivity index (χ1v) is 5.40. The zero-order chi connectivity index (χ0) is 11.5. The fraction of sp³-hybridized carbons (Fsp3) is 0.538. The highest BCUT2D eigenvalue weighted by Crippen LogP contribution is 2.27. The molecule has 0 spiro atoms. The molecule has 1 aromatic rings. The molecule has 0 amide bonds. The first-order chi connectivity index (χ1) is 7.01. The van der Waals surface area contributed by atoms with Gasteiger partial charge in [0.1, 0.15) is 6.10 Å². The number of aliphatic hydroxyl groups excluding tert-OH is 2. The van der Waals surface area contributed by atoms with E-state index in [4.69, 9.17) is 5.11 Å². The molecule has 1 atom stereocenters. The lowest BCUT2D eigenvalue weighted by molar-refractivity contribution is 0.0956. The molecule has 0 bridgehead atoms. The lowest BCUT2D eigenvalue weighted by atomic mass is 9.82. The molecule has 0 aliphatic rings. The van der Waals surface area contributed by atoms with Crippen LogP contribution < -0.4 is 0 Å². The van der Waals surface area contributed by atoms with Gasteiger partial charge in [-0.05, 0) is 23.0 Å². The Morgan fingerprint density at radius 2 is 1.73 bits per heavy atom. The highest BCUT2D eigenvalue weighted by molar-refractivity contribution is 5.29. The third-order valence-electron chi connectivity index (χ3n) is 3.13. The Labute approximate surface area is 91.6 Å². The highest BCUT2D eigenvalue weighted by atomic mass is 16.3. The zero-order valence-corrected chi connectivity index (χ0v) is 9.70. The molecule has 0 heterocycles. The quantitative estimate of drug-likeness (QED) is 0.797. The van der Waals surface area contributed by atoms with E-state index in [1.807, 2.05) is 24.3 Å². The Bertz CT molecular complexity index is 301. The van der Waals surface area contributed by atoms with Crippen molar-refractivity contribution in [2.24, 2.45) is 0 Å². The lowest BCUT2D eigenvalue weighted by Crippen LogP contribution is -2.15. The van der Waals surface area contributed by atoms with Gasteiger partial charge in [-0.2, -0.15) is 0 Å². The van der Waals surface area contributed by atoms with Gasteiger partial charge in [0.05, 0.1) is 6.61 Å². The molecular weight excluding hydrogens is 188 g/mol. The van der Waals surface area contributed by atoms with Gasteiger partial charge in [-0.1, -0.05) is 45.0 Å². The topological polar surface area (TPSA) is 40.5 Å². The summed E-state index contributed by atoms with van der Waals surface area (Å²) in [5.41, 5.74) is 2.20. The third kappa shape index (κ3) is 2.80. The van der Waals surface area contributed by atoms with Gasteiger partial charge in [-0.25, -0.2) is 0 Å². The van der Waals surface area contributed by atoms with Gasteiger partial charge in [0.15, 0.2) is 0 Å². The van der Waals surface area contributed by atoms with E-state index in [2.05, 4.69) is 20.8 Å². The number of hydrogen-bond acceptors (Lipinski definition) is 2. The maximum atomic E-state index is 9.43. The van der Waals surface area contributed by atoms with Crippen molar-refractivity contribution >= 4 is 0 Å². The van der Waals surface area contributed by atoms with Crippen molar-refractivity contribution < 1.29 is 10.2 Å². The molecule has 1 unspecified atom stereocenters. The van der Waals surface area contributed by atoms with E-state index in [0.29, 0.717) is 0 Å². The first kappa shape index (κ1) is 12.2. The standard InChI is InChI=1S/C13H20O2/c1-4-13(2,3)11-7-5-10(6-8-11)12(15)9-14/h5-8,12,14-15H,4,9H2,1-3H3. The smallest absolute Gasteiger partial charge is 0.102 e. The van der Waals surface area contributed by atoms with Crippen molar-refractivity contribution in [2.45, 2.75) is 38.7 Å². The summed E-state index contributed by atoms with van der Waals surface area (Å²) in [6.45, 7) is 6.34. The van der Waals surface area contributed by atoms with Crippen LogP contribution >= 0.6 is 0 Å². The van der Waals surface area contributed by atoms with Crippen LogP contribution in [0.4, 0.5) is 0 Å². The molecule has 84 valence electrons. The predicted molar refractivity (Wildman–Crippen MR) is 61.8 cm³/mol. The number of benzene rings is 1. The normalized spacial score (nSPS) is 13.9. The van der Waals surface area contributed by atoms with Gasteiger partial charge in [0.2, 0.25) is 0 Å². The van der Waals surface area contributed by atoms with Gasteiger partial charge < -0.3 is 10.2 Å². The van der Waals surface area contributed by atoms with E-state index >= 15 is 0 Å². The van der Waals surface area contributed by atoms with Crippen molar-refractivity contribution in [3.63, 3.8) is 0 Å².